The highest BCUT2D eigenvalue weighted by Crippen LogP contribution is 1.82. The van der Waals surface area contributed by atoms with E-state index in [1.807, 2.05) is 13.8 Å². The van der Waals surface area contributed by atoms with Crippen molar-refractivity contribution in [2.24, 2.45) is 15.7 Å². The minimum Gasteiger partial charge on any atom is -0.368 e. The first-order chi connectivity index (χ1) is 4.20. The lowest BCUT2D eigenvalue weighted by Gasteiger charge is -1.92. The smallest absolute Gasteiger partial charge is 0.214 e. The van der Waals surface area contributed by atoms with E-state index in [0.717, 1.165) is 12.1 Å². The van der Waals surface area contributed by atoms with Crippen molar-refractivity contribution in [2.75, 3.05) is 7.05 Å². The van der Waals surface area contributed by atoms with Crippen LogP contribution >= 0.6 is 0 Å². The van der Waals surface area contributed by atoms with E-state index in [1.165, 1.54) is 0 Å². The summed E-state index contributed by atoms with van der Waals surface area (Å²) in [5, 5.41) is 0. The molecular weight excluding hydrogens is 114 g/mol. The molecule has 0 atom stereocenters. The Hall–Kier alpha value is -0.860. The van der Waals surface area contributed by atoms with Gasteiger partial charge in [0.05, 0.1) is 0 Å². The molecule has 0 heterocycles. The fourth-order valence-corrected chi connectivity index (χ4v) is 0.325. The van der Waals surface area contributed by atoms with Crippen molar-refractivity contribution < 1.29 is 0 Å². The molecular formula is C6H13N3. The molecule has 0 aromatic rings. The largest absolute Gasteiger partial charge is 0.368 e. The van der Waals surface area contributed by atoms with Crippen molar-refractivity contribution in [1.82, 2.24) is 0 Å². The molecule has 0 unspecified atom stereocenters. The molecule has 0 spiro atoms. The Balaban J connectivity index is 3.95. The van der Waals surface area contributed by atoms with Crippen LogP contribution in [0.25, 0.3) is 0 Å². The summed E-state index contributed by atoms with van der Waals surface area (Å²) in [6.07, 6.45) is 0.927. The van der Waals surface area contributed by atoms with Gasteiger partial charge in [0, 0.05) is 12.8 Å². The minimum atomic E-state index is 0.356. The molecule has 9 heavy (non-hydrogen) atoms. The Labute approximate surface area is 55.7 Å². The van der Waals surface area contributed by atoms with Crippen molar-refractivity contribution in [3.63, 3.8) is 0 Å². The SMILES string of the molecule is CC/C(C)=N\C(N)=NC. The normalized spacial score (nSPS) is 14.1. The average molecular weight is 127 g/mol. The van der Waals surface area contributed by atoms with Gasteiger partial charge in [-0.2, -0.15) is 0 Å². The van der Waals surface area contributed by atoms with Crippen LogP contribution in [0.15, 0.2) is 9.98 Å². The summed E-state index contributed by atoms with van der Waals surface area (Å²) in [5.41, 5.74) is 6.32. The zero-order valence-corrected chi connectivity index (χ0v) is 6.18. The Morgan fingerprint density at radius 3 is 2.44 bits per heavy atom. The van der Waals surface area contributed by atoms with Gasteiger partial charge in [-0.3, -0.25) is 4.99 Å². The van der Waals surface area contributed by atoms with E-state index in [2.05, 4.69) is 9.98 Å². The second-order valence-electron chi connectivity index (χ2n) is 1.78. The molecule has 0 aromatic heterocycles. The first-order valence-corrected chi connectivity index (χ1v) is 2.97. The number of nitrogens with two attached hydrogens (primary N) is 1. The Morgan fingerprint density at radius 2 is 2.11 bits per heavy atom. The fourth-order valence-electron chi connectivity index (χ4n) is 0.325. The van der Waals surface area contributed by atoms with E-state index in [-0.39, 0.29) is 0 Å². The van der Waals surface area contributed by atoms with Crippen molar-refractivity contribution in [2.45, 2.75) is 20.3 Å². The van der Waals surface area contributed by atoms with Crippen molar-refractivity contribution in [3.05, 3.63) is 0 Å². The Kier molecular flexibility index (Phi) is 3.67. The molecule has 0 aromatic carbocycles. The van der Waals surface area contributed by atoms with Gasteiger partial charge < -0.3 is 5.73 Å². The van der Waals surface area contributed by atoms with E-state index in [9.17, 15) is 0 Å². The zero-order chi connectivity index (χ0) is 7.28. The van der Waals surface area contributed by atoms with Crippen LogP contribution in [-0.2, 0) is 0 Å². The third-order valence-corrected chi connectivity index (χ3v) is 1.05. The molecule has 52 valence electrons. The molecule has 3 heteroatoms. The molecule has 0 aliphatic carbocycles. The van der Waals surface area contributed by atoms with Gasteiger partial charge in [0.2, 0.25) is 5.96 Å². The maximum atomic E-state index is 5.31. The number of hydrogen-bond donors (Lipinski definition) is 1. The van der Waals surface area contributed by atoms with Crippen molar-refractivity contribution >= 4 is 11.7 Å². The topological polar surface area (TPSA) is 50.7 Å². The van der Waals surface area contributed by atoms with Crippen LogP contribution in [-0.4, -0.2) is 18.7 Å². The highest BCUT2D eigenvalue weighted by Gasteiger charge is 1.85. The third-order valence-electron chi connectivity index (χ3n) is 1.05. The number of rotatable bonds is 1. The van der Waals surface area contributed by atoms with Gasteiger partial charge in [-0.05, 0) is 13.3 Å². The van der Waals surface area contributed by atoms with Gasteiger partial charge in [-0.1, -0.05) is 6.92 Å². The maximum absolute atomic E-state index is 5.31. The van der Waals surface area contributed by atoms with Crippen LogP contribution in [0.4, 0.5) is 0 Å². The molecule has 0 radical (unpaired) electrons. The monoisotopic (exact) mass is 127 g/mol. The molecule has 0 bridgehead atoms. The summed E-state index contributed by atoms with van der Waals surface area (Å²) in [4.78, 5) is 7.64. The Morgan fingerprint density at radius 1 is 1.56 bits per heavy atom. The lowest BCUT2D eigenvalue weighted by molar-refractivity contribution is 1.25. The molecule has 0 aliphatic rings. The molecule has 2 N–H and O–H groups in total. The van der Waals surface area contributed by atoms with Gasteiger partial charge in [0.1, 0.15) is 0 Å². The highest BCUT2D eigenvalue weighted by atomic mass is 15.0. The van der Waals surface area contributed by atoms with Gasteiger partial charge in [0.25, 0.3) is 0 Å². The number of hydrogen-bond acceptors (Lipinski definition) is 1. The quantitative estimate of drug-likeness (QED) is 0.411. The van der Waals surface area contributed by atoms with Crippen molar-refractivity contribution in [1.29, 1.82) is 0 Å². The summed E-state index contributed by atoms with van der Waals surface area (Å²) < 4.78 is 0. The minimum absolute atomic E-state index is 0.356. The lowest BCUT2D eigenvalue weighted by Crippen LogP contribution is -2.09. The summed E-state index contributed by atoms with van der Waals surface area (Å²) in [6.45, 7) is 3.96. The van der Waals surface area contributed by atoms with Crippen LogP contribution in [0.5, 0.6) is 0 Å². The Bertz CT molecular complexity index is 135. The van der Waals surface area contributed by atoms with Crippen LogP contribution in [0.2, 0.25) is 0 Å². The van der Waals surface area contributed by atoms with Gasteiger partial charge in [-0.25, -0.2) is 4.99 Å². The first kappa shape index (κ1) is 8.14. The van der Waals surface area contributed by atoms with E-state index >= 15 is 0 Å². The van der Waals surface area contributed by atoms with Crippen LogP contribution in [0.1, 0.15) is 20.3 Å². The number of nitrogens with zero attached hydrogens (tertiary/aromatic N) is 2. The van der Waals surface area contributed by atoms with E-state index < -0.39 is 0 Å². The zero-order valence-electron chi connectivity index (χ0n) is 6.18. The summed E-state index contributed by atoms with van der Waals surface area (Å²) in [5.74, 6) is 0.356. The van der Waals surface area contributed by atoms with E-state index in [1.54, 1.807) is 7.05 Å². The summed E-state index contributed by atoms with van der Waals surface area (Å²) in [6, 6.07) is 0. The molecule has 0 saturated carbocycles. The van der Waals surface area contributed by atoms with Crippen LogP contribution < -0.4 is 5.73 Å². The predicted molar refractivity (Wildman–Crippen MR) is 40.9 cm³/mol. The third kappa shape index (κ3) is 3.70. The average Bonchev–Trinajstić information content (AvgIpc) is 1.87. The summed E-state index contributed by atoms with van der Waals surface area (Å²) >= 11 is 0. The maximum Gasteiger partial charge on any atom is 0.214 e. The van der Waals surface area contributed by atoms with Crippen LogP contribution in [0, 0.1) is 0 Å². The molecule has 3 nitrogen and oxygen atoms in total. The van der Waals surface area contributed by atoms with E-state index in [4.69, 9.17) is 5.73 Å². The lowest BCUT2D eigenvalue weighted by atomic mass is 10.3. The molecule has 0 saturated heterocycles. The van der Waals surface area contributed by atoms with Gasteiger partial charge in [-0.15, -0.1) is 0 Å². The van der Waals surface area contributed by atoms with Gasteiger partial charge >= 0.3 is 0 Å². The highest BCUT2D eigenvalue weighted by molar-refractivity contribution is 5.94. The van der Waals surface area contributed by atoms with Crippen LogP contribution in [0.3, 0.4) is 0 Å². The van der Waals surface area contributed by atoms with E-state index in [0.29, 0.717) is 5.96 Å². The second kappa shape index (κ2) is 4.06. The molecule has 0 rings (SSSR count). The van der Waals surface area contributed by atoms with Gasteiger partial charge in [0.15, 0.2) is 0 Å². The second-order valence-corrected chi connectivity index (χ2v) is 1.78. The molecule has 0 aliphatic heterocycles. The standard InChI is InChI=1S/C6H13N3/c1-4-5(2)9-6(7)8-3/h4H2,1-3H3,(H2,7,8)/b9-5-. The molecule has 0 fully saturated rings. The fraction of sp³-hybridized carbons (Fsp3) is 0.667. The predicted octanol–water partition coefficient (Wildman–Crippen LogP) is 0.802. The first-order valence-electron chi connectivity index (χ1n) is 2.97. The molecule has 0 amide bonds. The summed E-state index contributed by atoms with van der Waals surface area (Å²) in [7, 11) is 1.63. The van der Waals surface area contributed by atoms with Crippen molar-refractivity contribution in [3.8, 4) is 0 Å². The number of aliphatic imine (C=N–C) groups is 2. The number of guanidine groups is 1.